The summed E-state index contributed by atoms with van der Waals surface area (Å²) in [6.07, 6.45) is 13.1. The zero-order valence-electron chi connectivity index (χ0n) is 45.9. The molecule has 18 heteroatoms. The first-order valence-electron chi connectivity index (χ1n) is 27.9. The Morgan fingerprint density at radius 1 is 0.262 bits per heavy atom. The molecule has 0 atom stereocenters. The van der Waals surface area contributed by atoms with Gasteiger partial charge >= 0.3 is 35.8 Å². The summed E-state index contributed by atoms with van der Waals surface area (Å²) < 4.78 is 0. The van der Waals surface area contributed by atoms with Crippen molar-refractivity contribution in [3.63, 3.8) is 0 Å². The van der Waals surface area contributed by atoms with Gasteiger partial charge in [-0.05, 0) is 192 Å². The van der Waals surface area contributed by atoms with Crippen molar-refractivity contribution in [1.82, 2.24) is 0 Å². The molecule has 12 rings (SSSR count). The number of fused-ring (bicyclic) bond motifs is 3. The van der Waals surface area contributed by atoms with Crippen LogP contribution in [0.4, 0.5) is 0 Å². The summed E-state index contributed by atoms with van der Waals surface area (Å²) in [6.45, 7) is 1.76. The summed E-state index contributed by atoms with van der Waals surface area (Å²) in [6, 6.07) is 20.4. The van der Waals surface area contributed by atoms with Gasteiger partial charge in [0.1, 0.15) is 0 Å². The summed E-state index contributed by atoms with van der Waals surface area (Å²) in [5, 5.41) is 64.7. The molecule has 0 unspecified atom stereocenters. The van der Waals surface area contributed by atoms with Crippen LogP contribution in [0.5, 0.6) is 0 Å². The molecule has 0 spiro atoms. The third-order valence-corrected chi connectivity index (χ3v) is 15.8. The Labute approximate surface area is 483 Å². The first-order chi connectivity index (χ1) is 40.6. The number of carbonyl (C=O) groups is 6. The Bertz CT molecular complexity index is 3660. The van der Waals surface area contributed by atoms with Crippen molar-refractivity contribution in [2.45, 2.75) is 77.0 Å². The van der Waals surface area contributed by atoms with Gasteiger partial charge in [-0.3, -0.25) is 30.0 Å². The smallest absolute Gasteiger partial charge is 0.336 e. The van der Waals surface area contributed by atoms with Crippen LogP contribution in [0.15, 0.2) is 103 Å². The molecule has 6 aliphatic rings. The number of carboxylic acid groups (broad SMARTS) is 6. The molecule has 14 bridgehead atoms. The van der Waals surface area contributed by atoms with Gasteiger partial charge in [0.15, 0.2) is 0 Å². The zero-order chi connectivity index (χ0) is 59.0. The molecule has 0 saturated heterocycles. The highest BCUT2D eigenvalue weighted by Crippen LogP contribution is 2.36. The number of carboxylic acids is 6. The molecule has 6 aromatic carbocycles. The SMILES string of the molecule is O=C(O)c1cc2c3cc1C=NCCCCN=Cc1cc4c(cc1C(=O)O)Cc1cc5c(C(=O)O)cc1Cc1ccc(c(C(=O)O)c1C4)C=NCCCCN=Cc1ccc(c(c1C(=O)O)C3)Cc1cc(C(=O)O)c(cc1C2)C=NCCCCN=C5. The number of aliphatic imine (C=N–C) groups is 6. The summed E-state index contributed by atoms with van der Waals surface area (Å²) >= 11 is 0. The van der Waals surface area contributed by atoms with E-state index in [0.29, 0.717) is 165 Å². The maximum Gasteiger partial charge on any atom is 0.336 e. The first-order valence-corrected chi connectivity index (χ1v) is 27.9. The van der Waals surface area contributed by atoms with Gasteiger partial charge in [-0.2, -0.15) is 0 Å². The van der Waals surface area contributed by atoms with Gasteiger partial charge in [0.2, 0.25) is 0 Å². The fourth-order valence-electron chi connectivity index (χ4n) is 11.6. The summed E-state index contributed by atoms with van der Waals surface area (Å²) in [5.74, 6) is -7.20. The van der Waals surface area contributed by atoms with Crippen LogP contribution in [-0.4, -0.2) is 143 Å². The molecule has 6 aromatic rings. The van der Waals surface area contributed by atoms with Crippen molar-refractivity contribution < 1.29 is 59.4 Å². The molecule has 2 aliphatic carbocycles. The zero-order valence-corrected chi connectivity index (χ0v) is 45.9. The molecule has 0 aromatic heterocycles. The Hall–Kier alpha value is -9.84. The lowest BCUT2D eigenvalue weighted by Gasteiger charge is -2.17. The second-order valence-electron chi connectivity index (χ2n) is 21.4. The van der Waals surface area contributed by atoms with Gasteiger partial charge in [0.05, 0.1) is 33.4 Å². The minimum Gasteiger partial charge on any atom is -0.478 e. The minimum absolute atomic E-state index is 0.00674. The van der Waals surface area contributed by atoms with Crippen molar-refractivity contribution in [3.8, 4) is 0 Å². The average molecular weight is 1130 g/mol. The lowest BCUT2D eigenvalue weighted by Crippen LogP contribution is -2.13. The lowest BCUT2D eigenvalue weighted by atomic mass is 9.87. The number of hydrogen-bond acceptors (Lipinski definition) is 12. The highest BCUT2D eigenvalue weighted by atomic mass is 16.4. The Morgan fingerprint density at radius 2 is 0.488 bits per heavy atom. The molecule has 18 nitrogen and oxygen atoms in total. The summed E-state index contributed by atoms with van der Waals surface area (Å²) in [7, 11) is 0. The maximum absolute atomic E-state index is 13.5. The van der Waals surface area contributed by atoms with E-state index in [1.165, 1.54) is 37.3 Å². The standard InChI is InChI=1S/C66H60N6O12/c73-61(74)55-27-43-17-37-7-9-39-31-67-11-1-2-12-68-32-40-10-8-38-18-44-28-56(62(75)76)50-22-42(44)20-46-30-58(64(79)80)52(24-48(46)26-54(38)60(40)66(83)84)36-72-16-6-5-15-71-35-51-23-47(25-53(37)59(39)65(81)82)45(29-57(51)63(77)78)19-41(43)21-49(55)33-69-13-3-4-14-70-34-50/h7-10,21-24,27-36H,1-6,11-20,25-26H2,(H,73,74)(H,75,76)(H,77,78)(H,79,80)(H,81,82)(H,83,84). The lowest BCUT2D eigenvalue weighted by molar-refractivity contribution is 0.0684. The van der Waals surface area contributed by atoms with E-state index in [-0.39, 0.29) is 85.0 Å². The maximum atomic E-state index is 13.5. The molecule has 4 aliphatic heterocycles. The highest BCUT2D eigenvalue weighted by molar-refractivity contribution is 6.04. The van der Waals surface area contributed by atoms with Gasteiger partial charge in [0.25, 0.3) is 0 Å². The number of aromatic carboxylic acids is 6. The Morgan fingerprint density at radius 3 is 0.738 bits per heavy atom. The highest BCUT2D eigenvalue weighted by Gasteiger charge is 2.28. The van der Waals surface area contributed by atoms with E-state index in [1.807, 2.05) is 12.1 Å². The van der Waals surface area contributed by atoms with Gasteiger partial charge < -0.3 is 30.6 Å². The van der Waals surface area contributed by atoms with E-state index >= 15 is 0 Å². The summed E-state index contributed by atoms with van der Waals surface area (Å²) in [5.41, 5.74) is 9.19. The van der Waals surface area contributed by atoms with Crippen LogP contribution in [-0.2, 0) is 38.5 Å². The fraction of sp³-hybridized carbons (Fsp3) is 0.273. The van der Waals surface area contributed by atoms with Gasteiger partial charge in [-0.25, -0.2) is 28.8 Å². The van der Waals surface area contributed by atoms with E-state index in [9.17, 15) is 59.4 Å². The van der Waals surface area contributed by atoms with Crippen molar-refractivity contribution in [3.05, 3.63) is 206 Å². The number of benzene rings is 6. The van der Waals surface area contributed by atoms with E-state index in [2.05, 4.69) is 30.0 Å². The average Bonchev–Trinajstić information content (AvgIpc) is 3.25. The van der Waals surface area contributed by atoms with Crippen LogP contribution < -0.4 is 0 Å². The van der Waals surface area contributed by atoms with Crippen molar-refractivity contribution >= 4 is 73.1 Å². The third kappa shape index (κ3) is 12.8. The van der Waals surface area contributed by atoms with Crippen molar-refractivity contribution in [2.75, 3.05) is 39.3 Å². The second-order valence-corrected chi connectivity index (χ2v) is 21.4. The van der Waals surface area contributed by atoms with Crippen molar-refractivity contribution in [1.29, 1.82) is 0 Å². The molecular weight excluding hydrogens is 1070 g/mol. The largest absolute Gasteiger partial charge is 0.478 e. The van der Waals surface area contributed by atoms with E-state index in [4.69, 9.17) is 0 Å². The van der Waals surface area contributed by atoms with Crippen molar-refractivity contribution in [2.24, 2.45) is 30.0 Å². The monoisotopic (exact) mass is 1130 g/mol. The molecule has 0 amide bonds. The molecular formula is C66H60N6O12. The molecule has 84 heavy (non-hydrogen) atoms. The number of hydrogen-bond donors (Lipinski definition) is 6. The second kappa shape index (κ2) is 25.5. The quantitative estimate of drug-likeness (QED) is 0.0907. The topological polar surface area (TPSA) is 298 Å². The fourth-order valence-corrected chi connectivity index (χ4v) is 11.6. The molecule has 0 radical (unpaired) electrons. The molecule has 4 heterocycles. The van der Waals surface area contributed by atoms with Crippen LogP contribution in [0.3, 0.4) is 0 Å². The predicted octanol–water partition coefficient (Wildman–Crippen LogP) is 9.63. The Balaban J connectivity index is 1.16. The van der Waals surface area contributed by atoms with Gasteiger partial charge in [0, 0.05) is 110 Å². The first kappa shape index (κ1) is 57.4. The van der Waals surface area contributed by atoms with Crippen LogP contribution in [0.2, 0.25) is 0 Å². The Kier molecular flexibility index (Phi) is 17.4. The third-order valence-electron chi connectivity index (χ3n) is 15.8. The van der Waals surface area contributed by atoms with Crippen LogP contribution in [0, 0.1) is 0 Å². The number of rotatable bonds is 6. The number of nitrogens with zero attached hydrogens (tertiary/aromatic N) is 6. The van der Waals surface area contributed by atoms with E-state index < -0.39 is 35.8 Å². The molecule has 6 N–H and O–H groups in total. The molecule has 426 valence electrons. The minimum atomic E-state index is -1.20. The molecule has 0 saturated carbocycles. The van der Waals surface area contributed by atoms with Crippen LogP contribution in [0.25, 0.3) is 0 Å². The van der Waals surface area contributed by atoms with Crippen LogP contribution in [0.1, 0.15) is 201 Å². The van der Waals surface area contributed by atoms with E-state index in [0.717, 1.165) is 0 Å². The van der Waals surface area contributed by atoms with Crippen LogP contribution >= 0.6 is 0 Å². The van der Waals surface area contributed by atoms with E-state index in [1.54, 1.807) is 60.7 Å². The summed E-state index contributed by atoms with van der Waals surface area (Å²) in [4.78, 5) is 107. The predicted molar refractivity (Wildman–Crippen MR) is 320 cm³/mol. The van der Waals surface area contributed by atoms with Gasteiger partial charge in [-0.15, -0.1) is 0 Å². The van der Waals surface area contributed by atoms with Gasteiger partial charge in [-0.1, -0.05) is 24.3 Å². The normalized spacial score (nSPS) is 15.3. The molecule has 0 fully saturated rings.